The Kier molecular flexibility index (Phi) is 5.10. The van der Waals surface area contributed by atoms with E-state index in [0.29, 0.717) is 5.82 Å². The molecule has 1 aliphatic rings. The van der Waals surface area contributed by atoms with Gasteiger partial charge in [-0.2, -0.15) is 5.10 Å². The van der Waals surface area contributed by atoms with Gasteiger partial charge in [0.1, 0.15) is 5.69 Å². The van der Waals surface area contributed by atoms with E-state index >= 15 is 0 Å². The minimum Gasteiger partial charge on any atom is -0.472 e. The Morgan fingerprint density at radius 1 is 0.944 bits per heavy atom. The second-order valence-electron chi connectivity index (χ2n) is 9.41. The van der Waals surface area contributed by atoms with Crippen molar-refractivity contribution in [2.24, 2.45) is 0 Å². The van der Waals surface area contributed by atoms with Gasteiger partial charge >= 0.3 is 0 Å². The van der Waals surface area contributed by atoms with Gasteiger partial charge in [0.2, 0.25) is 0 Å². The zero-order valence-corrected chi connectivity index (χ0v) is 19.7. The molecule has 0 unspecified atom stereocenters. The molecule has 6 heterocycles. The Hall–Kier alpha value is -4.30. The topological polar surface area (TPSA) is 99.5 Å². The molecule has 1 aliphatic heterocycles. The maximum absolute atomic E-state index is 5.29. The molecule has 0 amide bonds. The molecule has 6 aromatic rings. The van der Waals surface area contributed by atoms with Gasteiger partial charge in [0.05, 0.1) is 41.0 Å². The average Bonchev–Trinajstić information content (AvgIpc) is 3.68. The van der Waals surface area contributed by atoms with Gasteiger partial charge in [0, 0.05) is 41.0 Å². The molecule has 0 aliphatic carbocycles. The number of pyridine rings is 2. The van der Waals surface area contributed by atoms with E-state index < -0.39 is 0 Å². The van der Waals surface area contributed by atoms with Gasteiger partial charge < -0.3 is 9.40 Å². The summed E-state index contributed by atoms with van der Waals surface area (Å²) in [5.74, 6) is 0.710. The number of benzene rings is 1. The van der Waals surface area contributed by atoms with Crippen molar-refractivity contribution in [2.75, 3.05) is 13.1 Å². The van der Waals surface area contributed by atoms with Gasteiger partial charge in [-0.3, -0.25) is 20.0 Å². The summed E-state index contributed by atoms with van der Waals surface area (Å²) in [4.78, 5) is 20.1. The summed E-state index contributed by atoms with van der Waals surface area (Å²) in [5.41, 5.74) is 8.56. The standard InChI is InChI=1S/C28H25N7O/c1-2-8-35(9-3-1)16-18-11-20(14-29-13-18)24-12-22-25(15-30-24)33-34-27(22)28-31-23-6-4-5-21(26(23)32-28)19-7-10-36-17-19/h4-7,10-15,17H,1-3,8-9,16H2,(H,31,32)(H,33,34). The number of fused-ring (bicyclic) bond motifs is 2. The Morgan fingerprint density at radius 2 is 1.89 bits per heavy atom. The summed E-state index contributed by atoms with van der Waals surface area (Å²) >= 11 is 0. The number of aromatic amines is 2. The number of furan rings is 1. The lowest BCUT2D eigenvalue weighted by molar-refractivity contribution is 0.220. The third-order valence-corrected chi connectivity index (χ3v) is 6.96. The van der Waals surface area contributed by atoms with Crippen LogP contribution in [-0.4, -0.2) is 48.1 Å². The van der Waals surface area contributed by atoms with Crippen molar-refractivity contribution in [3.8, 4) is 33.9 Å². The maximum Gasteiger partial charge on any atom is 0.159 e. The molecule has 7 rings (SSSR count). The smallest absolute Gasteiger partial charge is 0.159 e. The lowest BCUT2D eigenvalue weighted by atomic mass is 10.1. The van der Waals surface area contributed by atoms with Crippen molar-refractivity contribution in [3.63, 3.8) is 0 Å². The van der Waals surface area contributed by atoms with Crippen LogP contribution < -0.4 is 0 Å². The van der Waals surface area contributed by atoms with E-state index in [0.717, 1.165) is 69.6 Å². The van der Waals surface area contributed by atoms with E-state index in [9.17, 15) is 0 Å². The maximum atomic E-state index is 5.29. The normalized spacial score (nSPS) is 14.7. The molecule has 0 atom stereocenters. The highest BCUT2D eigenvalue weighted by molar-refractivity contribution is 5.97. The fourth-order valence-electron chi connectivity index (χ4n) is 5.14. The van der Waals surface area contributed by atoms with Crippen molar-refractivity contribution >= 4 is 21.9 Å². The first-order chi connectivity index (χ1) is 17.8. The predicted molar refractivity (Wildman–Crippen MR) is 139 cm³/mol. The molecule has 0 spiro atoms. The van der Waals surface area contributed by atoms with Gasteiger partial charge in [0.15, 0.2) is 5.82 Å². The Balaban J connectivity index is 1.26. The van der Waals surface area contributed by atoms with Crippen LogP contribution in [0.3, 0.4) is 0 Å². The SMILES string of the molecule is c1cc(-c2ccoc2)c2nc(-c3n[nH]c4cnc(-c5cncc(CN6CCCCC6)c5)cc34)[nH]c2c1. The van der Waals surface area contributed by atoms with Crippen LogP contribution in [0.5, 0.6) is 0 Å². The monoisotopic (exact) mass is 475 g/mol. The average molecular weight is 476 g/mol. The predicted octanol–water partition coefficient (Wildman–Crippen LogP) is 5.81. The van der Waals surface area contributed by atoms with Crippen LogP contribution in [0, 0.1) is 0 Å². The fourth-order valence-corrected chi connectivity index (χ4v) is 5.14. The van der Waals surface area contributed by atoms with E-state index in [1.54, 1.807) is 12.5 Å². The third-order valence-electron chi connectivity index (χ3n) is 6.96. The number of hydrogen-bond acceptors (Lipinski definition) is 6. The summed E-state index contributed by atoms with van der Waals surface area (Å²) in [7, 11) is 0. The number of nitrogens with one attached hydrogen (secondary N) is 2. The van der Waals surface area contributed by atoms with Crippen LogP contribution in [0.15, 0.2) is 71.9 Å². The van der Waals surface area contributed by atoms with Crippen LogP contribution in [0.25, 0.3) is 55.8 Å². The number of hydrogen-bond donors (Lipinski definition) is 2. The molecular formula is C28H25N7O. The summed E-state index contributed by atoms with van der Waals surface area (Å²) in [5, 5.41) is 8.65. The number of likely N-dealkylation sites (tertiary alicyclic amines) is 1. The quantitative estimate of drug-likeness (QED) is 0.326. The molecule has 2 N–H and O–H groups in total. The second kappa shape index (κ2) is 8.73. The van der Waals surface area contributed by atoms with Gasteiger partial charge in [-0.25, -0.2) is 4.98 Å². The van der Waals surface area contributed by atoms with Crippen molar-refractivity contribution in [1.29, 1.82) is 0 Å². The molecule has 178 valence electrons. The Bertz CT molecular complexity index is 1660. The van der Waals surface area contributed by atoms with E-state index in [2.05, 4.69) is 37.2 Å². The second-order valence-corrected chi connectivity index (χ2v) is 9.41. The van der Waals surface area contributed by atoms with Crippen LogP contribution in [0.4, 0.5) is 0 Å². The van der Waals surface area contributed by atoms with Crippen molar-refractivity contribution in [2.45, 2.75) is 25.8 Å². The first-order valence-corrected chi connectivity index (χ1v) is 12.3. The third kappa shape index (κ3) is 3.76. The molecule has 36 heavy (non-hydrogen) atoms. The minimum absolute atomic E-state index is 0.710. The number of H-pyrrole nitrogens is 2. The fraction of sp³-hybridized carbons (Fsp3) is 0.214. The number of piperidine rings is 1. The number of aromatic nitrogens is 6. The zero-order valence-electron chi connectivity index (χ0n) is 19.7. The van der Waals surface area contributed by atoms with E-state index in [-0.39, 0.29) is 0 Å². The summed E-state index contributed by atoms with van der Waals surface area (Å²) in [6, 6.07) is 12.3. The minimum atomic E-state index is 0.710. The molecule has 8 nitrogen and oxygen atoms in total. The lowest BCUT2D eigenvalue weighted by Gasteiger charge is -2.26. The molecule has 0 saturated carbocycles. The summed E-state index contributed by atoms with van der Waals surface area (Å²) in [6.45, 7) is 3.25. The number of nitrogens with zero attached hydrogens (tertiary/aromatic N) is 5. The van der Waals surface area contributed by atoms with Gasteiger partial charge in [0.25, 0.3) is 0 Å². The van der Waals surface area contributed by atoms with Crippen molar-refractivity contribution in [1.82, 2.24) is 35.0 Å². The van der Waals surface area contributed by atoms with E-state index in [1.165, 1.54) is 24.8 Å². The van der Waals surface area contributed by atoms with Crippen molar-refractivity contribution in [3.05, 3.63) is 73.1 Å². The lowest BCUT2D eigenvalue weighted by Crippen LogP contribution is -2.29. The van der Waals surface area contributed by atoms with Crippen LogP contribution in [0.1, 0.15) is 24.8 Å². The van der Waals surface area contributed by atoms with E-state index in [4.69, 9.17) is 14.4 Å². The largest absolute Gasteiger partial charge is 0.472 e. The van der Waals surface area contributed by atoms with Crippen LogP contribution in [0.2, 0.25) is 0 Å². The van der Waals surface area contributed by atoms with Gasteiger partial charge in [-0.15, -0.1) is 0 Å². The number of rotatable bonds is 5. The molecule has 0 radical (unpaired) electrons. The van der Waals surface area contributed by atoms with Crippen LogP contribution in [-0.2, 0) is 6.54 Å². The number of imidazole rings is 1. The molecule has 1 aromatic carbocycles. The first-order valence-electron chi connectivity index (χ1n) is 12.3. The summed E-state index contributed by atoms with van der Waals surface area (Å²) < 4.78 is 5.29. The van der Waals surface area contributed by atoms with E-state index in [1.807, 2.05) is 42.9 Å². The Labute approximate surface area is 207 Å². The Morgan fingerprint density at radius 3 is 2.78 bits per heavy atom. The highest BCUT2D eigenvalue weighted by atomic mass is 16.3. The molecule has 5 aromatic heterocycles. The van der Waals surface area contributed by atoms with Crippen LogP contribution >= 0.6 is 0 Å². The van der Waals surface area contributed by atoms with Crippen molar-refractivity contribution < 1.29 is 4.42 Å². The van der Waals surface area contributed by atoms with Gasteiger partial charge in [-0.05, 0) is 55.8 Å². The molecule has 1 fully saturated rings. The van der Waals surface area contributed by atoms with Gasteiger partial charge in [-0.1, -0.05) is 18.6 Å². The summed E-state index contributed by atoms with van der Waals surface area (Å²) in [6.07, 6.45) is 13.0. The molecule has 8 heteroatoms. The molecule has 1 saturated heterocycles. The highest BCUT2D eigenvalue weighted by Crippen LogP contribution is 2.32. The number of para-hydroxylation sites is 1. The molecule has 0 bridgehead atoms. The first kappa shape index (κ1) is 21.0. The zero-order chi connectivity index (χ0) is 23.9. The highest BCUT2D eigenvalue weighted by Gasteiger charge is 2.17. The molecular weight excluding hydrogens is 450 g/mol.